The van der Waals surface area contributed by atoms with E-state index in [1.165, 1.54) is 12.1 Å². The smallest absolute Gasteiger partial charge is 0.264 e. The van der Waals surface area contributed by atoms with Crippen molar-refractivity contribution in [3.8, 4) is 0 Å². The van der Waals surface area contributed by atoms with Gasteiger partial charge in [0.1, 0.15) is 6.54 Å². The maximum absolute atomic E-state index is 13.3. The lowest BCUT2D eigenvalue weighted by atomic mass is 10.2. The van der Waals surface area contributed by atoms with E-state index in [-0.39, 0.29) is 11.4 Å². The predicted molar refractivity (Wildman–Crippen MR) is 117 cm³/mol. The summed E-state index contributed by atoms with van der Waals surface area (Å²) >= 11 is 6.22. The number of hydrogen-bond donors (Lipinski definition) is 1. The van der Waals surface area contributed by atoms with Crippen LogP contribution in [0.4, 0.5) is 11.4 Å². The molecule has 1 amide bonds. The summed E-state index contributed by atoms with van der Waals surface area (Å²) in [6, 6.07) is 20.2. The van der Waals surface area contributed by atoms with Crippen LogP contribution in [0.25, 0.3) is 0 Å². The van der Waals surface area contributed by atoms with Crippen LogP contribution in [-0.2, 0) is 14.8 Å². The lowest BCUT2D eigenvalue weighted by Gasteiger charge is -2.24. The summed E-state index contributed by atoms with van der Waals surface area (Å²) in [4.78, 5) is 12.8. The normalized spacial score (nSPS) is 11.1. The standard InChI is InChI=1S/C22H21ClN2O3S/c1-16-12-13-18(14-20(16)23)25(29(27,28)19-9-4-3-5-10-19)15-22(26)24-21-11-7-6-8-17(21)2/h3-14H,15H2,1-2H3,(H,24,26). The Labute approximate surface area is 176 Å². The fourth-order valence-corrected chi connectivity index (χ4v) is 4.41. The van der Waals surface area contributed by atoms with Gasteiger partial charge in [-0.2, -0.15) is 0 Å². The number of amides is 1. The van der Waals surface area contributed by atoms with E-state index in [2.05, 4.69) is 5.32 Å². The van der Waals surface area contributed by atoms with Gasteiger partial charge in [0.05, 0.1) is 10.6 Å². The van der Waals surface area contributed by atoms with Crippen LogP contribution in [0.2, 0.25) is 5.02 Å². The highest BCUT2D eigenvalue weighted by Crippen LogP contribution is 2.28. The van der Waals surface area contributed by atoms with Crippen LogP contribution in [0.3, 0.4) is 0 Å². The van der Waals surface area contributed by atoms with Gasteiger partial charge in [-0.25, -0.2) is 8.42 Å². The van der Waals surface area contributed by atoms with Crippen LogP contribution in [0, 0.1) is 13.8 Å². The van der Waals surface area contributed by atoms with Gasteiger partial charge in [0.2, 0.25) is 5.91 Å². The van der Waals surface area contributed by atoms with Gasteiger partial charge in [-0.05, 0) is 55.3 Å². The molecule has 0 saturated carbocycles. The number of halogens is 1. The summed E-state index contributed by atoms with van der Waals surface area (Å²) in [6.45, 7) is 3.31. The van der Waals surface area contributed by atoms with Crippen molar-refractivity contribution in [2.75, 3.05) is 16.2 Å². The minimum atomic E-state index is -3.97. The van der Waals surface area contributed by atoms with Crippen LogP contribution in [0.15, 0.2) is 77.7 Å². The Morgan fingerprint density at radius 2 is 1.59 bits per heavy atom. The Hall–Kier alpha value is -2.83. The molecule has 3 aromatic carbocycles. The molecule has 7 heteroatoms. The van der Waals surface area contributed by atoms with E-state index in [9.17, 15) is 13.2 Å². The molecule has 0 spiro atoms. The first-order valence-electron chi connectivity index (χ1n) is 8.98. The second-order valence-corrected chi connectivity index (χ2v) is 8.89. The number of carbonyl (C=O) groups excluding carboxylic acids is 1. The van der Waals surface area contributed by atoms with Crippen molar-refractivity contribution in [1.82, 2.24) is 0 Å². The minimum absolute atomic E-state index is 0.0976. The van der Waals surface area contributed by atoms with Crippen LogP contribution < -0.4 is 9.62 Å². The van der Waals surface area contributed by atoms with E-state index in [0.29, 0.717) is 16.4 Å². The van der Waals surface area contributed by atoms with Gasteiger partial charge in [0.25, 0.3) is 10.0 Å². The Bertz CT molecular complexity index is 1130. The predicted octanol–water partition coefficient (Wildman–Crippen LogP) is 4.79. The number of nitrogens with one attached hydrogen (secondary N) is 1. The van der Waals surface area contributed by atoms with Gasteiger partial charge in [0, 0.05) is 10.7 Å². The van der Waals surface area contributed by atoms with E-state index < -0.39 is 15.9 Å². The summed E-state index contributed by atoms with van der Waals surface area (Å²) in [5.41, 5.74) is 2.66. The highest BCUT2D eigenvalue weighted by molar-refractivity contribution is 7.92. The zero-order valence-electron chi connectivity index (χ0n) is 16.1. The number of carbonyl (C=O) groups is 1. The summed E-state index contributed by atoms with van der Waals surface area (Å²) in [5, 5.41) is 3.21. The van der Waals surface area contributed by atoms with E-state index >= 15 is 0 Å². The molecule has 3 aromatic rings. The molecule has 0 aliphatic carbocycles. The summed E-state index contributed by atoms with van der Waals surface area (Å²) < 4.78 is 27.6. The van der Waals surface area contributed by atoms with E-state index in [1.807, 2.05) is 26.0 Å². The highest BCUT2D eigenvalue weighted by atomic mass is 35.5. The van der Waals surface area contributed by atoms with Crippen LogP contribution in [-0.4, -0.2) is 20.9 Å². The number of aryl methyl sites for hydroxylation is 2. The van der Waals surface area contributed by atoms with E-state index in [4.69, 9.17) is 11.6 Å². The molecule has 0 aliphatic rings. The van der Waals surface area contributed by atoms with E-state index in [1.54, 1.807) is 48.5 Å². The molecule has 0 aliphatic heterocycles. The molecule has 1 N–H and O–H groups in total. The van der Waals surface area contributed by atoms with Gasteiger partial charge in [-0.3, -0.25) is 9.10 Å². The van der Waals surface area contributed by atoms with Crippen molar-refractivity contribution >= 4 is 38.9 Å². The highest BCUT2D eigenvalue weighted by Gasteiger charge is 2.27. The second kappa shape index (κ2) is 8.68. The Morgan fingerprint density at radius 1 is 0.931 bits per heavy atom. The van der Waals surface area contributed by atoms with Gasteiger partial charge < -0.3 is 5.32 Å². The lowest BCUT2D eigenvalue weighted by molar-refractivity contribution is -0.114. The van der Waals surface area contributed by atoms with E-state index in [0.717, 1.165) is 15.4 Å². The van der Waals surface area contributed by atoms with Crippen molar-refractivity contribution in [3.63, 3.8) is 0 Å². The molecule has 29 heavy (non-hydrogen) atoms. The summed E-state index contributed by atoms with van der Waals surface area (Å²) in [7, 11) is -3.97. The number of sulfonamides is 1. The first-order chi connectivity index (χ1) is 13.8. The SMILES string of the molecule is Cc1ccc(N(CC(=O)Nc2ccccc2C)S(=O)(=O)c2ccccc2)cc1Cl. The molecule has 0 unspecified atom stereocenters. The fraction of sp³-hybridized carbons (Fsp3) is 0.136. The molecular formula is C22H21ClN2O3S. The average Bonchev–Trinajstić information content (AvgIpc) is 2.71. The molecule has 0 bridgehead atoms. The first kappa shape index (κ1) is 20.9. The topological polar surface area (TPSA) is 66.5 Å². The largest absolute Gasteiger partial charge is 0.324 e. The molecule has 0 fully saturated rings. The Morgan fingerprint density at radius 3 is 2.24 bits per heavy atom. The molecule has 150 valence electrons. The summed E-state index contributed by atoms with van der Waals surface area (Å²) in [6.07, 6.45) is 0. The molecule has 0 radical (unpaired) electrons. The van der Waals surface area contributed by atoms with Crippen LogP contribution in [0.1, 0.15) is 11.1 Å². The summed E-state index contributed by atoms with van der Waals surface area (Å²) in [5.74, 6) is -0.449. The molecule has 5 nitrogen and oxygen atoms in total. The van der Waals surface area contributed by atoms with Crippen molar-refractivity contribution in [1.29, 1.82) is 0 Å². The number of benzene rings is 3. The zero-order valence-corrected chi connectivity index (χ0v) is 17.7. The maximum atomic E-state index is 13.3. The second-order valence-electron chi connectivity index (χ2n) is 6.62. The van der Waals surface area contributed by atoms with Crippen LogP contribution in [0.5, 0.6) is 0 Å². The fourth-order valence-electron chi connectivity index (χ4n) is 2.80. The van der Waals surface area contributed by atoms with Crippen molar-refractivity contribution < 1.29 is 13.2 Å². The average molecular weight is 429 g/mol. The van der Waals surface area contributed by atoms with Crippen molar-refractivity contribution in [3.05, 3.63) is 88.9 Å². The molecule has 0 heterocycles. The number of rotatable bonds is 6. The Balaban J connectivity index is 1.98. The maximum Gasteiger partial charge on any atom is 0.264 e. The molecule has 0 aromatic heterocycles. The molecular weight excluding hydrogens is 408 g/mol. The Kier molecular flexibility index (Phi) is 6.25. The minimum Gasteiger partial charge on any atom is -0.324 e. The quantitative estimate of drug-likeness (QED) is 0.613. The number of para-hydroxylation sites is 1. The molecule has 3 rings (SSSR count). The van der Waals surface area contributed by atoms with Crippen molar-refractivity contribution in [2.24, 2.45) is 0 Å². The van der Waals surface area contributed by atoms with Gasteiger partial charge in [-0.15, -0.1) is 0 Å². The van der Waals surface area contributed by atoms with Gasteiger partial charge >= 0.3 is 0 Å². The third-order valence-corrected chi connectivity index (χ3v) is 6.68. The third kappa shape index (κ3) is 4.78. The zero-order chi connectivity index (χ0) is 21.0. The monoisotopic (exact) mass is 428 g/mol. The number of nitrogens with zero attached hydrogens (tertiary/aromatic N) is 1. The molecule has 0 saturated heterocycles. The van der Waals surface area contributed by atoms with Gasteiger partial charge in [0.15, 0.2) is 0 Å². The lowest BCUT2D eigenvalue weighted by Crippen LogP contribution is -2.38. The first-order valence-corrected chi connectivity index (χ1v) is 10.8. The third-order valence-electron chi connectivity index (χ3n) is 4.48. The van der Waals surface area contributed by atoms with Crippen LogP contribution >= 0.6 is 11.6 Å². The van der Waals surface area contributed by atoms with Gasteiger partial charge in [-0.1, -0.05) is 54.1 Å². The van der Waals surface area contributed by atoms with Crippen molar-refractivity contribution in [2.45, 2.75) is 18.7 Å². The number of anilines is 2. The molecule has 0 atom stereocenters. The number of hydrogen-bond acceptors (Lipinski definition) is 3.